The van der Waals surface area contributed by atoms with Crippen LogP contribution in [0.5, 0.6) is 0 Å². The van der Waals surface area contributed by atoms with Gasteiger partial charge in [0.05, 0.1) is 6.42 Å². The normalized spacial score (nSPS) is 10.2. The highest BCUT2D eigenvalue weighted by Gasteiger charge is 1.94. The second-order valence-electron chi connectivity index (χ2n) is 3.03. The van der Waals surface area contributed by atoms with E-state index in [1.807, 2.05) is 0 Å². The maximum atomic E-state index is 10.1. The molecule has 0 spiro atoms. The zero-order valence-corrected chi connectivity index (χ0v) is 7.96. The molecular weight excluding hydrogens is 170 g/mol. The lowest BCUT2D eigenvalue weighted by Crippen LogP contribution is -2.19. The van der Waals surface area contributed by atoms with Gasteiger partial charge in [-0.1, -0.05) is 12.8 Å². The van der Waals surface area contributed by atoms with Gasteiger partial charge in [-0.05, 0) is 19.4 Å². The molecule has 78 valence electrons. The number of aliphatic hydroxyl groups excluding tert-OH is 1. The summed E-state index contributed by atoms with van der Waals surface area (Å²) in [4.78, 5) is 10.1. The molecule has 0 saturated carbocycles. The van der Waals surface area contributed by atoms with Crippen LogP contribution in [0.15, 0.2) is 0 Å². The van der Waals surface area contributed by atoms with E-state index >= 15 is 0 Å². The number of aliphatic hydroxyl groups is 1. The Morgan fingerprint density at radius 3 is 2.38 bits per heavy atom. The fourth-order valence-corrected chi connectivity index (χ4v) is 1.04. The van der Waals surface area contributed by atoms with Crippen molar-refractivity contribution in [3.8, 4) is 0 Å². The van der Waals surface area contributed by atoms with Gasteiger partial charge < -0.3 is 15.5 Å². The minimum absolute atomic E-state index is 0.191. The third-order valence-corrected chi connectivity index (χ3v) is 1.78. The molecule has 4 nitrogen and oxygen atoms in total. The number of unbranched alkanes of at least 4 members (excludes halogenated alkanes) is 3. The van der Waals surface area contributed by atoms with Crippen LogP contribution in [0, 0.1) is 0 Å². The van der Waals surface area contributed by atoms with E-state index in [1.54, 1.807) is 0 Å². The van der Waals surface area contributed by atoms with E-state index in [1.165, 1.54) is 0 Å². The lowest BCUT2D eigenvalue weighted by molar-refractivity contribution is -0.136. The SMILES string of the molecule is O=C(O)CCNCCCCCCO. The van der Waals surface area contributed by atoms with Crippen molar-refractivity contribution in [1.29, 1.82) is 0 Å². The number of hydrogen-bond acceptors (Lipinski definition) is 3. The smallest absolute Gasteiger partial charge is 0.304 e. The van der Waals surface area contributed by atoms with Crippen LogP contribution in [0.25, 0.3) is 0 Å². The Bertz CT molecular complexity index is 128. The summed E-state index contributed by atoms with van der Waals surface area (Å²) in [5.41, 5.74) is 0. The van der Waals surface area contributed by atoms with Gasteiger partial charge in [-0.25, -0.2) is 0 Å². The molecule has 0 aromatic carbocycles. The second-order valence-corrected chi connectivity index (χ2v) is 3.03. The Labute approximate surface area is 79.0 Å². The van der Waals surface area contributed by atoms with Crippen molar-refractivity contribution in [3.05, 3.63) is 0 Å². The average molecular weight is 189 g/mol. The van der Waals surface area contributed by atoms with E-state index in [2.05, 4.69) is 5.32 Å². The summed E-state index contributed by atoms with van der Waals surface area (Å²) < 4.78 is 0. The highest BCUT2D eigenvalue weighted by atomic mass is 16.4. The van der Waals surface area contributed by atoms with Gasteiger partial charge >= 0.3 is 5.97 Å². The molecule has 0 heterocycles. The molecule has 0 radical (unpaired) electrons. The largest absolute Gasteiger partial charge is 0.481 e. The first-order valence-corrected chi connectivity index (χ1v) is 4.80. The summed E-state index contributed by atoms with van der Waals surface area (Å²) in [6, 6.07) is 0. The van der Waals surface area contributed by atoms with Gasteiger partial charge in [-0.2, -0.15) is 0 Å². The van der Waals surface area contributed by atoms with Crippen LogP contribution < -0.4 is 5.32 Å². The molecule has 4 heteroatoms. The van der Waals surface area contributed by atoms with Gasteiger partial charge in [-0.3, -0.25) is 4.79 Å². The summed E-state index contributed by atoms with van der Waals surface area (Å²) >= 11 is 0. The maximum Gasteiger partial charge on any atom is 0.304 e. The molecule has 0 unspecified atom stereocenters. The van der Waals surface area contributed by atoms with Crippen molar-refractivity contribution < 1.29 is 15.0 Å². The highest BCUT2D eigenvalue weighted by molar-refractivity contribution is 5.66. The van der Waals surface area contributed by atoms with Crippen LogP contribution in [0.2, 0.25) is 0 Å². The quantitative estimate of drug-likeness (QED) is 0.465. The number of nitrogens with one attached hydrogen (secondary N) is 1. The first-order chi connectivity index (χ1) is 6.27. The standard InChI is InChI=1S/C9H19NO3/c11-8-4-2-1-3-6-10-7-5-9(12)13/h10-11H,1-8H2,(H,12,13). The van der Waals surface area contributed by atoms with Crippen LogP contribution in [-0.2, 0) is 4.79 Å². The van der Waals surface area contributed by atoms with Gasteiger partial charge in [0.1, 0.15) is 0 Å². The molecule has 13 heavy (non-hydrogen) atoms. The molecule has 0 aromatic rings. The predicted octanol–water partition coefficient (Wildman–Crippen LogP) is 0.603. The minimum atomic E-state index is -0.757. The molecule has 0 aliphatic rings. The monoisotopic (exact) mass is 189 g/mol. The molecule has 0 aromatic heterocycles. The Hall–Kier alpha value is -0.610. The lowest BCUT2D eigenvalue weighted by atomic mass is 10.2. The van der Waals surface area contributed by atoms with Crippen LogP contribution >= 0.6 is 0 Å². The Morgan fingerprint density at radius 1 is 1.08 bits per heavy atom. The molecular formula is C9H19NO3. The summed E-state index contributed by atoms with van der Waals surface area (Å²) in [7, 11) is 0. The van der Waals surface area contributed by atoms with E-state index in [9.17, 15) is 4.79 Å². The van der Waals surface area contributed by atoms with Crippen molar-refractivity contribution >= 4 is 5.97 Å². The molecule has 0 fully saturated rings. The van der Waals surface area contributed by atoms with Crippen LogP contribution in [0.4, 0.5) is 0 Å². The van der Waals surface area contributed by atoms with Crippen molar-refractivity contribution in [2.45, 2.75) is 32.1 Å². The first kappa shape index (κ1) is 12.4. The number of carboxylic acid groups (broad SMARTS) is 1. The van der Waals surface area contributed by atoms with Crippen molar-refractivity contribution in [2.75, 3.05) is 19.7 Å². The van der Waals surface area contributed by atoms with Crippen LogP contribution in [-0.4, -0.2) is 35.9 Å². The zero-order valence-electron chi connectivity index (χ0n) is 7.96. The van der Waals surface area contributed by atoms with Gasteiger partial charge in [0.2, 0.25) is 0 Å². The van der Waals surface area contributed by atoms with Crippen LogP contribution in [0.1, 0.15) is 32.1 Å². The molecule has 0 aliphatic carbocycles. The fourth-order valence-electron chi connectivity index (χ4n) is 1.04. The summed E-state index contributed by atoms with van der Waals surface area (Å²) in [5.74, 6) is -0.757. The molecule has 0 amide bonds. The van der Waals surface area contributed by atoms with Gasteiger partial charge in [0, 0.05) is 13.2 Å². The fraction of sp³-hybridized carbons (Fsp3) is 0.889. The highest BCUT2D eigenvalue weighted by Crippen LogP contribution is 1.97. The average Bonchev–Trinajstić information content (AvgIpc) is 2.09. The Kier molecular flexibility index (Phi) is 9.03. The molecule has 0 atom stereocenters. The molecule has 3 N–H and O–H groups in total. The molecule has 0 bridgehead atoms. The molecule has 0 aliphatic heterocycles. The first-order valence-electron chi connectivity index (χ1n) is 4.80. The van der Waals surface area contributed by atoms with Crippen molar-refractivity contribution in [1.82, 2.24) is 5.32 Å². The predicted molar refractivity (Wildman–Crippen MR) is 50.7 cm³/mol. The summed E-state index contributed by atoms with van der Waals surface area (Å²) in [6.45, 7) is 1.69. The number of rotatable bonds is 9. The topological polar surface area (TPSA) is 69.6 Å². The van der Waals surface area contributed by atoms with Gasteiger partial charge in [0.25, 0.3) is 0 Å². The zero-order chi connectivity index (χ0) is 9.94. The van der Waals surface area contributed by atoms with Gasteiger partial charge in [-0.15, -0.1) is 0 Å². The number of carbonyl (C=O) groups is 1. The van der Waals surface area contributed by atoms with Crippen LogP contribution in [0.3, 0.4) is 0 Å². The summed E-state index contributed by atoms with van der Waals surface area (Å²) in [6.07, 6.45) is 4.27. The molecule has 0 rings (SSSR count). The van der Waals surface area contributed by atoms with E-state index in [4.69, 9.17) is 10.2 Å². The maximum absolute atomic E-state index is 10.1. The van der Waals surface area contributed by atoms with Crippen molar-refractivity contribution in [3.63, 3.8) is 0 Å². The summed E-state index contributed by atoms with van der Waals surface area (Å²) in [5, 5.41) is 19.9. The van der Waals surface area contributed by atoms with E-state index in [0.29, 0.717) is 6.54 Å². The second kappa shape index (κ2) is 9.48. The van der Waals surface area contributed by atoms with E-state index < -0.39 is 5.97 Å². The molecule has 0 saturated heterocycles. The Balaban J connectivity index is 2.87. The number of hydrogen-bond donors (Lipinski definition) is 3. The third kappa shape index (κ3) is 11.4. The van der Waals surface area contributed by atoms with E-state index in [-0.39, 0.29) is 13.0 Å². The minimum Gasteiger partial charge on any atom is -0.481 e. The van der Waals surface area contributed by atoms with Crippen molar-refractivity contribution in [2.24, 2.45) is 0 Å². The number of carboxylic acids is 1. The van der Waals surface area contributed by atoms with E-state index in [0.717, 1.165) is 32.2 Å². The number of aliphatic carboxylic acids is 1. The Morgan fingerprint density at radius 2 is 1.77 bits per heavy atom. The van der Waals surface area contributed by atoms with Gasteiger partial charge in [0.15, 0.2) is 0 Å². The lowest BCUT2D eigenvalue weighted by Gasteiger charge is -2.01. The third-order valence-electron chi connectivity index (χ3n) is 1.78.